The number of ether oxygens (including phenoxy) is 1. The Morgan fingerprint density at radius 1 is 1.47 bits per heavy atom. The summed E-state index contributed by atoms with van der Waals surface area (Å²) in [5, 5.41) is 19.5. The fourth-order valence-electron chi connectivity index (χ4n) is 1.49. The third kappa shape index (κ3) is 2.68. The van der Waals surface area contributed by atoms with E-state index in [4.69, 9.17) is 4.74 Å². The number of benzene rings is 1. The first-order chi connectivity index (χ1) is 9.11. The van der Waals surface area contributed by atoms with Gasteiger partial charge in [0, 0.05) is 23.8 Å². The summed E-state index contributed by atoms with van der Waals surface area (Å²) in [5.74, 6) is 0.0435. The molecule has 2 N–H and O–H groups in total. The first-order valence-electron chi connectivity index (χ1n) is 5.25. The van der Waals surface area contributed by atoms with Crippen molar-refractivity contribution in [1.82, 2.24) is 10.2 Å². The van der Waals surface area contributed by atoms with Crippen molar-refractivity contribution in [2.24, 2.45) is 0 Å². The minimum absolute atomic E-state index is 0.0299. The fourth-order valence-corrected chi connectivity index (χ4v) is 1.49. The van der Waals surface area contributed by atoms with Crippen molar-refractivity contribution in [2.75, 3.05) is 12.4 Å². The summed E-state index contributed by atoms with van der Waals surface area (Å²) < 4.78 is 4.89. The first kappa shape index (κ1) is 12.6. The van der Waals surface area contributed by atoms with Gasteiger partial charge in [-0.3, -0.25) is 20.0 Å². The van der Waals surface area contributed by atoms with Crippen LogP contribution in [0, 0.1) is 10.1 Å². The summed E-state index contributed by atoms with van der Waals surface area (Å²) in [7, 11) is 1.30. The van der Waals surface area contributed by atoms with Crippen molar-refractivity contribution in [2.45, 2.75) is 0 Å². The van der Waals surface area contributed by atoms with Crippen LogP contribution in [0.25, 0.3) is 0 Å². The summed E-state index contributed by atoms with van der Waals surface area (Å²) >= 11 is 0. The average molecular weight is 262 g/mol. The van der Waals surface area contributed by atoms with E-state index in [2.05, 4.69) is 15.5 Å². The van der Waals surface area contributed by atoms with Crippen molar-refractivity contribution in [3.8, 4) is 5.75 Å². The number of hydrogen-bond acceptors (Lipinski definition) is 5. The maximum absolute atomic E-state index is 11.9. The lowest BCUT2D eigenvalue weighted by atomic mass is 10.2. The van der Waals surface area contributed by atoms with Gasteiger partial charge in [-0.15, -0.1) is 0 Å². The second-order valence-electron chi connectivity index (χ2n) is 3.57. The quantitative estimate of drug-likeness (QED) is 0.642. The van der Waals surface area contributed by atoms with Gasteiger partial charge in [-0.25, -0.2) is 0 Å². The van der Waals surface area contributed by atoms with Crippen molar-refractivity contribution in [3.05, 3.63) is 46.1 Å². The van der Waals surface area contributed by atoms with Crippen LogP contribution in [0.5, 0.6) is 5.75 Å². The van der Waals surface area contributed by atoms with Crippen LogP contribution in [-0.4, -0.2) is 28.1 Å². The average Bonchev–Trinajstić information content (AvgIpc) is 2.90. The van der Waals surface area contributed by atoms with Gasteiger partial charge in [0.15, 0.2) is 5.75 Å². The van der Waals surface area contributed by atoms with E-state index in [9.17, 15) is 14.9 Å². The molecule has 1 aromatic heterocycles. The Morgan fingerprint density at radius 2 is 2.26 bits per heavy atom. The second-order valence-corrected chi connectivity index (χ2v) is 3.57. The summed E-state index contributed by atoms with van der Waals surface area (Å²) in [6.45, 7) is 0. The first-order valence-corrected chi connectivity index (χ1v) is 5.25. The van der Waals surface area contributed by atoms with Gasteiger partial charge < -0.3 is 10.1 Å². The Hall–Kier alpha value is -2.90. The predicted molar refractivity (Wildman–Crippen MR) is 66.2 cm³/mol. The zero-order chi connectivity index (χ0) is 13.8. The van der Waals surface area contributed by atoms with Crippen LogP contribution in [-0.2, 0) is 0 Å². The maximum atomic E-state index is 11.9. The van der Waals surface area contributed by atoms with Crippen LogP contribution in [0.2, 0.25) is 0 Å². The number of nitro benzene ring substituents is 1. The normalized spacial score (nSPS) is 9.95. The van der Waals surface area contributed by atoms with Crippen molar-refractivity contribution < 1.29 is 14.5 Å². The highest BCUT2D eigenvalue weighted by molar-refractivity contribution is 6.04. The molecule has 8 heteroatoms. The number of nitro groups is 1. The lowest BCUT2D eigenvalue weighted by Crippen LogP contribution is -2.12. The molecule has 2 rings (SSSR count). The van der Waals surface area contributed by atoms with Gasteiger partial charge in [0.25, 0.3) is 5.91 Å². The molecule has 1 heterocycles. The Labute approximate surface area is 107 Å². The van der Waals surface area contributed by atoms with Crippen LogP contribution >= 0.6 is 0 Å². The van der Waals surface area contributed by atoms with Gasteiger partial charge in [-0.2, -0.15) is 5.10 Å². The highest BCUT2D eigenvalue weighted by Crippen LogP contribution is 2.27. The zero-order valence-electron chi connectivity index (χ0n) is 9.91. The number of anilines is 1. The number of H-pyrrole nitrogens is 1. The molecule has 0 spiro atoms. The molecular formula is C11H10N4O4. The number of aromatic nitrogens is 2. The van der Waals surface area contributed by atoms with Crippen LogP contribution in [0.15, 0.2) is 30.5 Å². The number of nitrogens with zero attached hydrogens (tertiary/aromatic N) is 2. The largest absolute Gasteiger partial charge is 0.490 e. The third-order valence-electron chi connectivity index (χ3n) is 2.39. The van der Waals surface area contributed by atoms with E-state index in [1.165, 1.54) is 31.5 Å². The van der Waals surface area contributed by atoms with Gasteiger partial charge in [0.05, 0.1) is 18.2 Å². The molecule has 0 radical (unpaired) electrons. The Kier molecular flexibility index (Phi) is 3.42. The van der Waals surface area contributed by atoms with Gasteiger partial charge in [0.1, 0.15) is 5.82 Å². The Balaban J connectivity index is 2.25. The molecule has 0 atom stereocenters. The number of rotatable bonds is 4. The molecule has 0 saturated carbocycles. The standard InChI is InChI=1S/C11H10N4O4/c1-19-9-6-7(2-3-8(9)15(17)18)11(16)13-10-4-5-12-14-10/h2-6H,1H3,(H2,12,13,14,16). The van der Waals surface area contributed by atoms with E-state index in [0.29, 0.717) is 5.82 Å². The molecule has 0 fully saturated rings. The predicted octanol–water partition coefficient (Wildman–Crippen LogP) is 1.58. The molecule has 1 amide bonds. The highest BCUT2D eigenvalue weighted by Gasteiger charge is 2.17. The Morgan fingerprint density at radius 3 is 2.84 bits per heavy atom. The lowest BCUT2D eigenvalue weighted by molar-refractivity contribution is -0.385. The molecule has 0 bridgehead atoms. The van der Waals surface area contributed by atoms with E-state index >= 15 is 0 Å². The molecule has 0 saturated heterocycles. The van der Waals surface area contributed by atoms with Crippen LogP contribution in [0.4, 0.5) is 11.5 Å². The van der Waals surface area contributed by atoms with Crippen molar-refractivity contribution in [1.29, 1.82) is 0 Å². The number of nitrogens with one attached hydrogen (secondary N) is 2. The molecule has 8 nitrogen and oxygen atoms in total. The number of hydrogen-bond donors (Lipinski definition) is 2. The van der Waals surface area contributed by atoms with Crippen LogP contribution in [0.3, 0.4) is 0 Å². The molecule has 2 aromatic rings. The Bertz CT molecular complexity index is 609. The van der Waals surface area contributed by atoms with E-state index < -0.39 is 10.8 Å². The SMILES string of the molecule is COc1cc(C(=O)Nc2ccn[nH]2)ccc1[N+](=O)[O-]. The number of carbonyl (C=O) groups is 1. The topological polar surface area (TPSA) is 110 Å². The molecule has 0 aliphatic heterocycles. The van der Waals surface area contributed by atoms with Crippen LogP contribution in [0.1, 0.15) is 10.4 Å². The third-order valence-corrected chi connectivity index (χ3v) is 2.39. The molecule has 98 valence electrons. The number of aromatic amines is 1. The molecule has 0 aliphatic carbocycles. The lowest BCUT2D eigenvalue weighted by Gasteiger charge is -2.05. The highest BCUT2D eigenvalue weighted by atomic mass is 16.6. The van der Waals surface area contributed by atoms with Gasteiger partial charge in [0.2, 0.25) is 0 Å². The monoisotopic (exact) mass is 262 g/mol. The van der Waals surface area contributed by atoms with Crippen molar-refractivity contribution in [3.63, 3.8) is 0 Å². The van der Waals surface area contributed by atoms with E-state index in [0.717, 1.165) is 0 Å². The molecule has 1 aromatic carbocycles. The molecule has 0 unspecified atom stereocenters. The summed E-state index contributed by atoms with van der Waals surface area (Å²) in [6, 6.07) is 5.47. The van der Waals surface area contributed by atoms with E-state index in [-0.39, 0.29) is 17.0 Å². The zero-order valence-corrected chi connectivity index (χ0v) is 9.91. The van der Waals surface area contributed by atoms with Gasteiger partial charge in [-0.05, 0) is 6.07 Å². The van der Waals surface area contributed by atoms with E-state index in [1.807, 2.05) is 0 Å². The van der Waals surface area contributed by atoms with Crippen LogP contribution < -0.4 is 10.1 Å². The fraction of sp³-hybridized carbons (Fsp3) is 0.0909. The molecular weight excluding hydrogens is 252 g/mol. The molecule has 19 heavy (non-hydrogen) atoms. The van der Waals surface area contributed by atoms with Crippen molar-refractivity contribution >= 4 is 17.4 Å². The number of amides is 1. The van der Waals surface area contributed by atoms with Gasteiger partial charge >= 0.3 is 5.69 Å². The number of methoxy groups -OCH3 is 1. The maximum Gasteiger partial charge on any atom is 0.310 e. The van der Waals surface area contributed by atoms with Gasteiger partial charge in [-0.1, -0.05) is 0 Å². The minimum Gasteiger partial charge on any atom is -0.490 e. The minimum atomic E-state index is -0.574. The summed E-state index contributed by atoms with van der Waals surface area (Å²) in [4.78, 5) is 22.0. The van der Waals surface area contributed by atoms with E-state index in [1.54, 1.807) is 6.07 Å². The summed E-state index contributed by atoms with van der Waals surface area (Å²) in [6.07, 6.45) is 1.49. The smallest absolute Gasteiger partial charge is 0.310 e. The summed E-state index contributed by atoms with van der Waals surface area (Å²) in [5.41, 5.74) is 0.0534. The second kappa shape index (κ2) is 5.17. The number of carbonyl (C=O) groups excluding carboxylic acids is 1. The molecule has 0 aliphatic rings.